The molecule has 2 saturated heterocycles. The number of amides is 3. The summed E-state index contributed by atoms with van der Waals surface area (Å²) in [7, 11) is 0. The molecule has 3 atom stereocenters. The van der Waals surface area contributed by atoms with Crippen molar-refractivity contribution in [3.63, 3.8) is 0 Å². The quantitative estimate of drug-likeness (QED) is 0.0798. The molecule has 1 N–H and O–H groups in total. The summed E-state index contributed by atoms with van der Waals surface area (Å²) in [6, 6.07) is 10.6. The standard InChI is InChI=1S/C33H32N4O10S/c1-3-12-45-31(40)21-6-5-7-22(14-21)34-30(39)26-17-25(18-35(26)33(42)46-13-4-2)48-27-15-24-16-28(38)36(24)29(27)32(41)47-19-20-8-10-23(11-9-20)37(43)44/h3-11,14,24-26H,1-2,12-13,15-19H2,(H,34,39). The second kappa shape index (κ2) is 15.0. The van der Waals surface area contributed by atoms with E-state index in [1.54, 1.807) is 18.2 Å². The van der Waals surface area contributed by atoms with Crippen LogP contribution in [-0.2, 0) is 35.2 Å². The number of nitro benzene ring substituents is 1. The zero-order chi connectivity index (χ0) is 34.4. The second-order valence-electron chi connectivity index (χ2n) is 11.1. The lowest BCUT2D eigenvalue weighted by Crippen LogP contribution is -2.49. The molecule has 3 heterocycles. The Balaban J connectivity index is 1.31. The van der Waals surface area contributed by atoms with E-state index in [1.165, 1.54) is 64.0 Å². The summed E-state index contributed by atoms with van der Waals surface area (Å²) < 4.78 is 15.8. The minimum Gasteiger partial charge on any atom is -0.458 e. The van der Waals surface area contributed by atoms with Gasteiger partial charge in [-0.05, 0) is 42.3 Å². The summed E-state index contributed by atoms with van der Waals surface area (Å²) in [6.45, 7) is 6.99. The molecule has 5 rings (SSSR count). The third kappa shape index (κ3) is 7.57. The molecule has 3 amide bonds. The number of nitrogens with zero attached hydrogens (tertiary/aromatic N) is 3. The first kappa shape index (κ1) is 33.9. The van der Waals surface area contributed by atoms with Crippen LogP contribution < -0.4 is 5.32 Å². The van der Waals surface area contributed by atoms with Gasteiger partial charge in [-0.1, -0.05) is 31.4 Å². The molecular weight excluding hydrogens is 644 g/mol. The molecule has 2 fully saturated rings. The number of anilines is 1. The van der Waals surface area contributed by atoms with Crippen molar-refractivity contribution in [2.75, 3.05) is 25.1 Å². The number of hydrogen-bond acceptors (Lipinski definition) is 11. The number of rotatable bonds is 13. The number of hydrogen-bond donors (Lipinski definition) is 1. The largest absolute Gasteiger partial charge is 0.458 e. The third-order valence-electron chi connectivity index (χ3n) is 7.81. The first-order chi connectivity index (χ1) is 23.1. The Morgan fingerprint density at radius 3 is 2.42 bits per heavy atom. The summed E-state index contributed by atoms with van der Waals surface area (Å²) in [5, 5.41) is 13.4. The Hall–Kier alpha value is -5.44. The normalized spacial score (nSPS) is 19.6. The van der Waals surface area contributed by atoms with Gasteiger partial charge < -0.3 is 24.4 Å². The van der Waals surface area contributed by atoms with Crippen molar-refractivity contribution in [2.45, 2.75) is 43.2 Å². The smallest absolute Gasteiger partial charge is 0.410 e. The number of non-ortho nitro benzene ring substituents is 1. The topological polar surface area (TPSA) is 175 Å². The number of benzene rings is 2. The van der Waals surface area contributed by atoms with Crippen LogP contribution in [0.15, 0.2) is 84.4 Å². The fourth-order valence-electron chi connectivity index (χ4n) is 5.56. The van der Waals surface area contributed by atoms with Crippen LogP contribution in [-0.4, -0.2) is 81.7 Å². The van der Waals surface area contributed by atoms with Gasteiger partial charge in [-0.3, -0.25) is 24.6 Å². The lowest BCUT2D eigenvalue weighted by Gasteiger charge is -2.35. The van der Waals surface area contributed by atoms with Gasteiger partial charge in [0.1, 0.15) is 31.6 Å². The fourth-order valence-corrected chi connectivity index (χ4v) is 7.06. The lowest BCUT2D eigenvalue weighted by molar-refractivity contribution is -0.384. The third-order valence-corrected chi connectivity index (χ3v) is 9.13. The first-order valence-corrected chi connectivity index (χ1v) is 15.8. The van der Waals surface area contributed by atoms with Gasteiger partial charge >= 0.3 is 18.0 Å². The van der Waals surface area contributed by atoms with Gasteiger partial charge in [0.15, 0.2) is 0 Å². The van der Waals surface area contributed by atoms with Crippen molar-refractivity contribution in [2.24, 2.45) is 0 Å². The molecule has 3 aliphatic heterocycles. The number of esters is 2. The Kier molecular flexibility index (Phi) is 10.6. The lowest BCUT2D eigenvalue weighted by atomic mass is 10.0. The van der Waals surface area contributed by atoms with E-state index in [-0.39, 0.29) is 73.4 Å². The van der Waals surface area contributed by atoms with E-state index in [1.807, 2.05) is 0 Å². The van der Waals surface area contributed by atoms with E-state index >= 15 is 0 Å². The van der Waals surface area contributed by atoms with Crippen molar-refractivity contribution < 1.29 is 43.1 Å². The Labute approximate surface area is 279 Å². The van der Waals surface area contributed by atoms with Crippen molar-refractivity contribution >= 4 is 53.0 Å². The highest BCUT2D eigenvalue weighted by Crippen LogP contribution is 2.46. The van der Waals surface area contributed by atoms with E-state index in [0.29, 0.717) is 22.6 Å². The average molecular weight is 677 g/mol. The van der Waals surface area contributed by atoms with Crippen LogP contribution in [0.1, 0.15) is 35.2 Å². The highest BCUT2D eigenvalue weighted by Gasteiger charge is 2.50. The minimum atomic E-state index is -0.950. The number of nitro groups is 1. The monoisotopic (exact) mass is 676 g/mol. The van der Waals surface area contributed by atoms with E-state index in [0.717, 1.165) is 0 Å². The summed E-state index contributed by atoms with van der Waals surface area (Å²) in [5.74, 6) is -2.03. The van der Waals surface area contributed by atoms with Crippen LogP contribution in [0, 0.1) is 10.1 Å². The van der Waals surface area contributed by atoms with Crippen molar-refractivity contribution in [1.29, 1.82) is 0 Å². The number of β-lactam (4-membered cyclic amide) rings is 1. The summed E-state index contributed by atoms with van der Waals surface area (Å²) >= 11 is 1.31. The molecule has 0 spiro atoms. The molecule has 48 heavy (non-hydrogen) atoms. The van der Waals surface area contributed by atoms with E-state index in [2.05, 4.69) is 18.5 Å². The molecule has 15 heteroatoms. The maximum Gasteiger partial charge on any atom is 0.410 e. The maximum atomic E-state index is 13.6. The molecule has 3 aliphatic rings. The molecule has 2 aromatic rings. The van der Waals surface area contributed by atoms with Gasteiger partial charge in [0.25, 0.3) is 5.69 Å². The van der Waals surface area contributed by atoms with Gasteiger partial charge in [-0.2, -0.15) is 0 Å². The SMILES string of the molecule is C=CCOC(=O)c1cccc(NC(=O)C2CC(SC3=C(C(=O)OCc4ccc([N+](=O)[O-])cc4)N4C(=O)CC4C3)CN2C(=O)OCC=C)c1. The summed E-state index contributed by atoms with van der Waals surface area (Å²) in [4.78, 5) is 78.4. The number of nitrogens with one attached hydrogen (secondary N) is 1. The molecule has 0 bridgehead atoms. The second-order valence-corrected chi connectivity index (χ2v) is 12.5. The van der Waals surface area contributed by atoms with Crippen LogP contribution in [0.25, 0.3) is 0 Å². The molecular formula is C33H32N4O10S. The van der Waals surface area contributed by atoms with Crippen LogP contribution in [0.5, 0.6) is 0 Å². The van der Waals surface area contributed by atoms with Crippen molar-refractivity contribution in [1.82, 2.24) is 9.80 Å². The molecule has 250 valence electrons. The highest BCUT2D eigenvalue weighted by molar-refractivity contribution is 8.03. The maximum absolute atomic E-state index is 13.6. The molecule has 14 nitrogen and oxygen atoms in total. The molecule has 3 unspecified atom stereocenters. The molecule has 0 aliphatic carbocycles. The van der Waals surface area contributed by atoms with Crippen LogP contribution >= 0.6 is 11.8 Å². The number of carbonyl (C=O) groups is 5. The van der Waals surface area contributed by atoms with Gasteiger partial charge in [-0.15, -0.1) is 11.8 Å². The van der Waals surface area contributed by atoms with Gasteiger partial charge in [0.2, 0.25) is 11.8 Å². The number of carbonyl (C=O) groups excluding carboxylic acids is 5. The molecule has 0 radical (unpaired) electrons. The number of likely N-dealkylation sites (tertiary alicyclic amines) is 1. The number of ether oxygens (including phenoxy) is 3. The first-order valence-electron chi connectivity index (χ1n) is 14.9. The number of thioether (sulfide) groups is 1. The zero-order valence-electron chi connectivity index (χ0n) is 25.7. The van der Waals surface area contributed by atoms with Gasteiger partial charge in [0.05, 0.1) is 16.5 Å². The van der Waals surface area contributed by atoms with Gasteiger partial charge in [0, 0.05) is 47.4 Å². The van der Waals surface area contributed by atoms with E-state index < -0.39 is 34.9 Å². The summed E-state index contributed by atoms with van der Waals surface area (Å²) in [5.41, 5.74) is 1.10. The van der Waals surface area contributed by atoms with E-state index in [4.69, 9.17) is 14.2 Å². The average Bonchev–Trinajstić information content (AvgIpc) is 3.63. The van der Waals surface area contributed by atoms with Crippen LogP contribution in [0.2, 0.25) is 0 Å². The number of fused-ring (bicyclic) bond motifs is 1. The zero-order valence-corrected chi connectivity index (χ0v) is 26.5. The Morgan fingerprint density at radius 2 is 1.73 bits per heavy atom. The fraction of sp³-hybridized carbons (Fsp3) is 0.303. The van der Waals surface area contributed by atoms with Crippen LogP contribution in [0.3, 0.4) is 0 Å². The minimum absolute atomic E-state index is 0.0284. The summed E-state index contributed by atoms with van der Waals surface area (Å²) in [6.07, 6.45) is 3.02. The predicted molar refractivity (Wildman–Crippen MR) is 173 cm³/mol. The van der Waals surface area contributed by atoms with Gasteiger partial charge in [-0.25, -0.2) is 14.4 Å². The highest BCUT2D eigenvalue weighted by atomic mass is 32.2. The molecule has 0 saturated carbocycles. The Bertz CT molecular complexity index is 1690. The molecule has 2 aromatic carbocycles. The van der Waals surface area contributed by atoms with Crippen LogP contribution in [0.4, 0.5) is 16.2 Å². The Morgan fingerprint density at radius 1 is 1.00 bits per heavy atom. The predicted octanol–water partition coefficient (Wildman–Crippen LogP) is 4.33. The van der Waals surface area contributed by atoms with Crippen molar-refractivity contribution in [3.8, 4) is 0 Å². The molecule has 0 aromatic heterocycles. The van der Waals surface area contributed by atoms with Crippen molar-refractivity contribution in [3.05, 3.63) is 106 Å². The van der Waals surface area contributed by atoms with E-state index in [9.17, 15) is 34.1 Å².